The van der Waals surface area contributed by atoms with Crippen LogP contribution in [0.4, 0.5) is 5.69 Å². The van der Waals surface area contributed by atoms with E-state index in [2.05, 4.69) is 60.0 Å². The minimum atomic E-state index is 0.139. The summed E-state index contributed by atoms with van der Waals surface area (Å²) in [7, 11) is 0. The highest BCUT2D eigenvalue weighted by Gasteiger charge is 2.13. The van der Waals surface area contributed by atoms with Crippen molar-refractivity contribution in [2.45, 2.75) is 19.9 Å². The molecule has 2 aromatic rings. The van der Waals surface area contributed by atoms with Gasteiger partial charge in [-0.1, -0.05) is 29.3 Å². The summed E-state index contributed by atoms with van der Waals surface area (Å²) in [5, 5.41) is 3.44. The third-order valence-electron chi connectivity index (χ3n) is 2.70. The van der Waals surface area contributed by atoms with Gasteiger partial charge in [0.25, 0.3) is 0 Å². The van der Waals surface area contributed by atoms with Crippen molar-refractivity contribution < 1.29 is 0 Å². The first-order valence-electron chi connectivity index (χ1n) is 5.45. The first-order chi connectivity index (χ1) is 8.47. The van der Waals surface area contributed by atoms with E-state index in [0.717, 1.165) is 19.9 Å². The van der Waals surface area contributed by atoms with E-state index in [9.17, 15) is 0 Å². The highest BCUT2D eigenvalue weighted by Crippen LogP contribution is 2.36. The second kappa shape index (κ2) is 5.99. The Morgan fingerprint density at radius 2 is 2.00 bits per heavy atom. The number of halogens is 3. The van der Waals surface area contributed by atoms with E-state index in [0.29, 0.717) is 0 Å². The van der Waals surface area contributed by atoms with Gasteiger partial charge in [-0.15, -0.1) is 11.3 Å². The Kier molecular flexibility index (Phi) is 4.80. The Morgan fingerprint density at radius 1 is 1.28 bits per heavy atom. The van der Waals surface area contributed by atoms with Gasteiger partial charge in [-0.2, -0.15) is 0 Å². The van der Waals surface area contributed by atoms with Crippen molar-refractivity contribution >= 4 is 62.8 Å². The minimum absolute atomic E-state index is 0.139. The molecule has 0 aliphatic carbocycles. The zero-order chi connectivity index (χ0) is 13.3. The van der Waals surface area contributed by atoms with Crippen LogP contribution in [-0.4, -0.2) is 0 Å². The van der Waals surface area contributed by atoms with Crippen molar-refractivity contribution in [2.75, 3.05) is 5.32 Å². The van der Waals surface area contributed by atoms with Crippen LogP contribution in [0.5, 0.6) is 0 Å². The summed E-state index contributed by atoms with van der Waals surface area (Å²) in [6.45, 7) is 4.18. The van der Waals surface area contributed by atoms with Gasteiger partial charge in [0.15, 0.2) is 0 Å². The molecule has 0 aliphatic rings. The molecule has 5 heteroatoms. The van der Waals surface area contributed by atoms with Crippen molar-refractivity contribution in [1.82, 2.24) is 0 Å². The van der Waals surface area contributed by atoms with Crippen LogP contribution in [0, 0.1) is 10.5 Å². The Balaban J connectivity index is 2.18. The Hall–Kier alpha value is 0.0300. The van der Waals surface area contributed by atoms with Gasteiger partial charge in [0, 0.05) is 14.8 Å². The predicted octanol–water partition coefficient (Wildman–Crippen LogP) is 6.14. The molecule has 0 radical (unpaired) electrons. The fourth-order valence-electron chi connectivity index (χ4n) is 1.66. The van der Waals surface area contributed by atoms with Gasteiger partial charge < -0.3 is 5.32 Å². The van der Waals surface area contributed by atoms with Crippen LogP contribution in [-0.2, 0) is 0 Å². The van der Waals surface area contributed by atoms with E-state index in [1.165, 1.54) is 20.5 Å². The van der Waals surface area contributed by atoms with Gasteiger partial charge in [-0.3, -0.25) is 0 Å². The number of hydrogen-bond donors (Lipinski definition) is 1. The number of anilines is 1. The predicted molar refractivity (Wildman–Crippen MR) is 90.3 cm³/mol. The van der Waals surface area contributed by atoms with Gasteiger partial charge in [-0.05, 0) is 60.2 Å². The molecule has 0 spiro atoms. The van der Waals surface area contributed by atoms with Gasteiger partial charge >= 0.3 is 0 Å². The molecule has 1 heterocycles. The Labute approximate surface area is 135 Å². The maximum atomic E-state index is 6.16. The number of benzene rings is 1. The lowest BCUT2D eigenvalue weighted by Crippen LogP contribution is -2.06. The van der Waals surface area contributed by atoms with E-state index in [1.807, 2.05) is 6.07 Å². The standard InChI is InChI=1S/C13H12Cl2INS/c1-7-3-4-9(5-11(7)16)17-8(2)10-6-12(14)18-13(10)15/h3-6,8,17H,1-2H3. The largest absolute Gasteiger partial charge is 0.378 e. The van der Waals surface area contributed by atoms with Crippen molar-refractivity contribution in [3.63, 3.8) is 0 Å². The molecule has 1 unspecified atom stereocenters. The first-order valence-corrected chi connectivity index (χ1v) is 8.10. The van der Waals surface area contributed by atoms with Crippen molar-refractivity contribution in [3.05, 3.63) is 47.6 Å². The fourth-order valence-corrected chi connectivity index (χ4v) is 3.82. The Morgan fingerprint density at radius 3 is 2.56 bits per heavy atom. The summed E-state index contributed by atoms with van der Waals surface area (Å²) in [4.78, 5) is 0. The second-order valence-electron chi connectivity index (χ2n) is 4.11. The molecule has 0 fully saturated rings. The molecule has 0 amide bonds. The molecule has 0 aliphatic heterocycles. The molecule has 18 heavy (non-hydrogen) atoms. The molecule has 1 aromatic carbocycles. The van der Waals surface area contributed by atoms with Crippen molar-refractivity contribution in [1.29, 1.82) is 0 Å². The molecule has 1 N–H and O–H groups in total. The second-order valence-corrected chi connectivity index (χ2v) is 7.56. The zero-order valence-corrected chi connectivity index (χ0v) is 14.4. The van der Waals surface area contributed by atoms with E-state index in [-0.39, 0.29) is 6.04 Å². The van der Waals surface area contributed by atoms with Crippen LogP contribution in [0.2, 0.25) is 8.67 Å². The summed E-state index contributed by atoms with van der Waals surface area (Å²) >= 11 is 15.9. The number of rotatable bonds is 3. The minimum Gasteiger partial charge on any atom is -0.378 e. The van der Waals surface area contributed by atoms with E-state index in [1.54, 1.807) is 0 Å². The monoisotopic (exact) mass is 411 g/mol. The summed E-state index contributed by atoms with van der Waals surface area (Å²) < 4.78 is 2.73. The van der Waals surface area contributed by atoms with E-state index in [4.69, 9.17) is 23.2 Å². The van der Waals surface area contributed by atoms with Crippen LogP contribution >= 0.6 is 57.1 Å². The Bertz CT molecular complexity index is 568. The zero-order valence-electron chi connectivity index (χ0n) is 9.93. The molecule has 1 aromatic heterocycles. The normalized spacial score (nSPS) is 12.5. The summed E-state index contributed by atoms with van der Waals surface area (Å²) in [6, 6.07) is 8.38. The van der Waals surface area contributed by atoms with Gasteiger partial charge in [-0.25, -0.2) is 0 Å². The molecule has 0 bridgehead atoms. The van der Waals surface area contributed by atoms with E-state index >= 15 is 0 Å². The van der Waals surface area contributed by atoms with Crippen LogP contribution in [0.15, 0.2) is 24.3 Å². The third-order valence-corrected chi connectivity index (χ3v) is 5.38. The SMILES string of the molecule is Cc1ccc(NC(C)c2cc(Cl)sc2Cl)cc1I. The maximum Gasteiger partial charge on any atom is 0.0996 e. The molecule has 0 saturated carbocycles. The lowest BCUT2D eigenvalue weighted by Gasteiger charge is -2.15. The molecule has 96 valence electrons. The fraction of sp³-hybridized carbons (Fsp3) is 0.231. The van der Waals surface area contributed by atoms with Crippen molar-refractivity contribution in [2.24, 2.45) is 0 Å². The average Bonchev–Trinajstić information content (AvgIpc) is 2.63. The van der Waals surface area contributed by atoms with Gasteiger partial charge in [0.05, 0.1) is 14.7 Å². The first kappa shape index (κ1) is 14.4. The van der Waals surface area contributed by atoms with E-state index < -0.39 is 0 Å². The van der Waals surface area contributed by atoms with Crippen LogP contribution in [0.1, 0.15) is 24.1 Å². The van der Waals surface area contributed by atoms with Crippen LogP contribution in [0.25, 0.3) is 0 Å². The highest BCUT2D eigenvalue weighted by molar-refractivity contribution is 14.1. The highest BCUT2D eigenvalue weighted by atomic mass is 127. The quantitative estimate of drug-likeness (QED) is 0.598. The molecule has 0 saturated heterocycles. The molecule has 2 rings (SSSR count). The van der Waals surface area contributed by atoms with Crippen molar-refractivity contribution in [3.8, 4) is 0 Å². The summed E-state index contributed by atoms with van der Waals surface area (Å²) in [6.07, 6.45) is 0. The lowest BCUT2D eigenvalue weighted by molar-refractivity contribution is 0.890. The molecular formula is C13H12Cl2INS. The maximum absolute atomic E-state index is 6.16. The smallest absolute Gasteiger partial charge is 0.0996 e. The molecule has 1 nitrogen and oxygen atoms in total. The van der Waals surface area contributed by atoms with Gasteiger partial charge in [0.1, 0.15) is 0 Å². The molecule has 1 atom stereocenters. The number of thiophene rings is 1. The summed E-state index contributed by atoms with van der Waals surface area (Å²) in [5.41, 5.74) is 3.42. The van der Waals surface area contributed by atoms with Crippen LogP contribution < -0.4 is 5.32 Å². The topological polar surface area (TPSA) is 12.0 Å². The number of aryl methyl sites for hydroxylation is 1. The van der Waals surface area contributed by atoms with Crippen LogP contribution in [0.3, 0.4) is 0 Å². The lowest BCUT2D eigenvalue weighted by atomic mass is 10.1. The molecular weight excluding hydrogens is 400 g/mol. The summed E-state index contributed by atoms with van der Waals surface area (Å²) in [5.74, 6) is 0. The average molecular weight is 412 g/mol. The number of nitrogens with one attached hydrogen (secondary N) is 1. The third kappa shape index (κ3) is 3.32. The number of hydrogen-bond acceptors (Lipinski definition) is 2. The van der Waals surface area contributed by atoms with Gasteiger partial charge in [0.2, 0.25) is 0 Å².